The van der Waals surface area contributed by atoms with Crippen LogP contribution in [0.4, 0.5) is 0 Å². The van der Waals surface area contributed by atoms with E-state index < -0.39 is 6.07 Å². The Bertz CT molecular complexity index is 153. The van der Waals surface area contributed by atoms with Gasteiger partial charge in [-0.25, -0.2) is 0 Å². The lowest BCUT2D eigenvalue weighted by Gasteiger charge is -2.25. The first-order valence-electron chi connectivity index (χ1n) is 2.79. The van der Waals surface area contributed by atoms with Gasteiger partial charge in [-0.05, 0) is 22.5 Å². The van der Waals surface area contributed by atoms with Gasteiger partial charge in [-0.3, -0.25) is 4.57 Å². The van der Waals surface area contributed by atoms with Crippen LogP contribution in [0.15, 0.2) is 0 Å². The van der Waals surface area contributed by atoms with Gasteiger partial charge in [0.15, 0.2) is 0 Å². The van der Waals surface area contributed by atoms with Gasteiger partial charge in [0.25, 0.3) is 0 Å². The molecule has 0 aromatic carbocycles. The molecule has 0 amide bonds. The molecule has 60 valence electrons. The number of halogens is 2. The normalized spacial score (nSPS) is 20.6. The summed E-state index contributed by atoms with van der Waals surface area (Å²) >= 11 is 10.2. The summed E-state index contributed by atoms with van der Waals surface area (Å²) in [6, 6.07) is 0. The summed E-state index contributed by atoms with van der Waals surface area (Å²) in [4.78, 5) is 0. The van der Waals surface area contributed by atoms with Gasteiger partial charge in [-0.1, -0.05) is 0 Å². The summed E-state index contributed by atoms with van der Waals surface area (Å²) in [6.07, 6.45) is -3.31. The maximum atomic E-state index is 10.5. The van der Waals surface area contributed by atoms with Gasteiger partial charge in [-0.2, -0.15) is 0 Å². The van der Waals surface area contributed by atoms with Crippen molar-refractivity contribution in [2.24, 2.45) is 5.92 Å². The summed E-state index contributed by atoms with van der Waals surface area (Å²) < 4.78 is 20.0. The first kappa shape index (κ1) is 8.82. The average molecular weight is 205 g/mol. The van der Waals surface area contributed by atoms with Gasteiger partial charge >= 0.3 is 6.07 Å². The maximum absolute atomic E-state index is 10.5. The zero-order valence-electron chi connectivity index (χ0n) is 5.13. The summed E-state index contributed by atoms with van der Waals surface area (Å²) in [5.41, 5.74) is 0. The van der Waals surface area contributed by atoms with Crippen LogP contribution >= 0.6 is 28.6 Å². The lowest BCUT2D eigenvalue weighted by molar-refractivity contribution is -0.0496. The quantitative estimate of drug-likeness (QED) is 0.662. The Balaban J connectivity index is 2.10. The van der Waals surface area contributed by atoms with E-state index in [1.165, 1.54) is 0 Å². The highest BCUT2D eigenvalue weighted by Crippen LogP contribution is 2.57. The highest BCUT2D eigenvalue weighted by atomic mass is 35.9. The van der Waals surface area contributed by atoms with E-state index in [4.69, 9.17) is 27.2 Å². The Labute approximate surface area is 68.6 Å². The number of hydrogen-bond donors (Lipinski definition) is 0. The van der Waals surface area contributed by atoms with E-state index in [1.807, 2.05) is 0 Å². The van der Waals surface area contributed by atoms with Crippen LogP contribution in [0.5, 0.6) is 0 Å². The van der Waals surface area contributed by atoms with Gasteiger partial charge in [0.1, 0.15) is 0 Å². The largest absolute Gasteiger partial charge is 0.381 e. The summed E-state index contributed by atoms with van der Waals surface area (Å²) in [6.45, 7) is 1.62. The third kappa shape index (κ3) is 3.22. The topological polar surface area (TPSA) is 35.5 Å². The van der Waals surface area contributed by atoms with Crippen molar-refractivity contribution in [1.82, 2.24) is 0 Å². The summed E-state index contributed by atoms with van der Waals surface area (Å²) in [5, 5.41) is 0. The van der Waals surface area contributed by atoms with Crippen LogP contribution in [0.1, 0.15) is 0 Å². The Morgan fingerprint density at radius 2 is 2.20 bits per heavy atom. The molecule has 1 heterocycles. The Morgan fingerprint density at radius 3 is 2.50 bits per heavy atom. The van der Waals surface area contributed by atoms with E-state index >= 15 is 0 Å². The van der Waals surface area contributed by atoms with Gasteiger partial charge in [0.05, 0.1) is 19.8 Å². The number of ether oxygens (including phenoxy) is 1. The van der Waals surface area contributed by atoms with E-state index in [-0.39, 0.29) is 0 Å². The fourth-order valence-electron chi connectivity index (χ4n) is 0.573. The van der Waals surface area contributed by atoms with Crippen LogP contribution in [-0.4, -0.2) is 19.8 Å². The molecule has 0 N–H and O–H groups in total. The SMILES string of the molecule is O=P(Cl)(Cl)OCC1COC1. The molecule has 0 radical (unpaired) electrons. The molecule has 0 aliphatic carbocycles. The van der Waals surface area contributed by atoms with Crippen molar-refractivity contribution in [3.8, 4) is 0 Å². The number of hydrogen-bond acceptors (Lipinski definition) is 3. The molecule has 0 bridgehead atoms. The second-order valence-corrected chi connectivity index (χ2v) is 6.39. The molecule has 10 heavy (non-hydrogen) atoms. The molecule has 1 fully saturated rings. The highest BCUT2D eigenvalue weighted by Gasteiger charge is 2.23. The van der Waals surface area contributed by atoms with Crippen molar-refractivity contribution in [1.29, 1.82) is 0 Å². The van der Waals surface area contributed by atoms with Gasteiger partial charge in [-0.15, -0.1) is 0 Å². The minimum atomic E-state index is -3.31. The first-order chi connectivity index (χ1) is 4.58. The van der Waals surface area contributed by atoms with Crippen LogP contribution in [0, 0.1) is 5.92 Å². The average Bonchev–Trinajstić information content (AvgIpc) is 1.56. The monoisotopic (exact) mass is 204 g/mol. The molecule has 1 aliphatic rings. The first-order valence-corrected chi connectivity index (χ1v) is 6.23. The minimum absolute atomic E-state index is 0.311. The Hall–Kier alpha value is 0.730. The standard InChI is InChI=1S/C4H7Cl2O3P/c5-10(6,7)9-3-4-1-8-2-4/h4H,1-3H2. The molecular weight excluding hydrogens is 198 g/mol. The van der Waals surface area contributed by atoms with Crippen molar-refractivity contribution in [2.75, 3.05) is 19.8 Å². The highest BCUT2D eigenvalue weighted by molar-refractivity contribution is 8.05. The summed E-state index contributed by atoms with van der Waals surface area (Å²) in [7, 11) is 0. The third-order valence-electron chi connectivity index (χ3n) is 1.17. The predicted molar refractivity (Wildman–Crippen MR) is 39.6 cm³/mol. The van der Waals surface area contributed by atoms with Crippen molar-refractivity contribution >= 4 is 28.6 Å². The zero-order valence-corrected chi connectivity index (χ0v) is 7.53. The van der Waals surface area contributed by atoms with Crippen molar-refractivity contribution in [3.63, 3.8) is 0 Å². The molecule has 0 saturated carbocycles. The van der Waals surface area contributed by atoms with Gasteiger partial charge in [0, 0.05) is 5.92 Å². The van der Waals surface area contributed by atoms with E-state index in [9.17, 15) is 4.57 Å². The molecule has 0 unspecified atom stereocenters. The maximum Gasteiger partial charge on any atom is 0.380 e. The second kappa shape index (κ2) is 3.42. The van der Waals surface area contributed by atoms with Crippen LogP contribution in [0.25, 0.3) is 0 Å². The van der Waals surface area contributed by atoms with Crippen LogP contribution in [0.3, 0.4) is 0 Å². The molecule has 1 aliphatic heterocycles. The summed E-state index contributed by atoms with van der Waals surface area (Å²) in [5.74, 6) is 0.311. The molecule has 0 spiro atoms. The predicted octanol–water partition coefficient (Wildman–Crippen LogP) is 2.24. The van der Waals surface area contributed by atoms with Crippen molar-refractivity contribution < 1.29 is 13.8 Å². The van der Waals surface area contributed by atoms with E-state index in [1.54, 1.807) is 0 Å². The molecule has 0 aromatic heterocycles. The van der Waals surface area contributed by atoms with Crippen molar-refractivity contribution in [2.45, 2.75) is 0 Å². The van der Waals surface area contributed by atoms with Crippen LogP contribution < -0.4 is 0 Å². The molecule has 0 aromatic rings. The molecule has 0 atom stereocenters. The van der Waals surface area contributed by atoms with Gasteiger partial charge < -0.3 is 9.26 Å². The Kier molecular flexibility index (Phi) is 3.02. The zero-order chi connectivity index (χ0) is 7.61. The number of rotatable bonds is 3. The second-order valence-electron chi connectivity index (χ2n) is 2.11. The fraction of sp³-hybridized carbons (Fsp3) is 1.00. The smallest absolute Gasteiger partial charge is 0.380 e. The molecule has 6 heteroatoms. The molecule has 3 nitrogen and oxygen atoms in total. The lowest BCUT2D eigenvalue weighted by Crippen LogP contribution is -2.30. The third-order valence-corrected chi connectivity index (χ3v) is 2.20. The van der Waals surface area contributed by atoms with Crippen LogP contribution in [-0.2, 0) is 13.8 Å². The lowest BCUT2D eigenvalue weighted by atomic mass is 10.1. The minimum Gasteiger partial charge on any atom is -0.381 e. The van der Waals surface area contributed by atoms with Crippen LogP contribution in [0.2, 0.25) is 0 Å². The molecular formula is C4H7Cl2O3P. The van der Waals surface area contributed by atoms with E-state index in [2.05, 4.69) is 4.52 Å². The van der Waals surface area contributed by atoms with E-state index in [0.29, 0.717) is 25.7 Å². The Morgan fingerprint density at radius 1 is 1.60 bits per heavy atom. The molecule has 1 saturated heterocycles. The fourth-order valence-corrected chi connectivity index (χ4v) is 1.30. The molecule has 1 rings (SSSR count). The van der Waals surface area contributed by atoms with Gasteiger partial charge in [0.2, 0.25) is 0 Å². The van der Waals surface area contributed by atoms with Crippen molar-refractivity contribution in [3.05, 3.63) is 0 Å². The van der Waals surface area contributed by atoms with E-state index in [0.717, 1.165) is 0 Å².